The molecule has 8 rings (SSSR count). The van der Waals surface area contributed by atoms with Gasteiger partial charge in [0.15, 0.2) is 0 Å². The molecule has 0 spiro atoms. The number of halogens is 1. The maximum absolute atomic E-state index is 14.0. The van der Waals surface area contributed by atoms with Crippen LogP contribution in [0.15, 0.2) is 103 Å². The highest BCUT2D eigenvalue weighted by Crippen LogP contribution is 2.66. The number of hydrogen-bond acceptors (Lipinski definition) is 3. The molecule has 1 saturated heterocycles. The van der Waals surface area contributed by atoms with Crippen LogP contribution in [0.1, 0.15) is 38.5 Å². The van der Waals surface area contributed by atoms with Gasteiger partial charge in [-0.15, -0.1) is 0 Å². The molecule has 0 unspecified atom stereocenters. The van der Waals surface area contributed by atoms with Gasteiger partial charge in [-0.1, -0.05) is 82.7 Å². The van der Waals surface area contributed by atoms with E-state index in [-0.39, 0.29) is 23.6 Å². The lowest BCUT2D eigenvalue weighted by atomic mass is 9.55. The lowest BCUT2D eigenvalue weighted by Crippen LogP contribution is -2.50. The first-order valence-electron chi connectivity index (χ1n) is 12.2. The van der Waals surface area contributed by atoms with Crippen molar-refractivity contribution in [2.24, 2.45) is 11.8 Å². The Bertz CT molecular complexity index is 1550. The number of amides is 3. The maximum Gasteiger partial charge on any atom is 0.255 e. The van der Waals surface area contributed by atoms with E-state index in [1.165, 1.54) is 4.90 Å². The van der Waals surface area contributed by atoms with Gasteiger partial charge < -0.3 is 5.32 Å². The fraction of sp³-hybridized carbons (Fsp3) is 0.129. The molecular weight excluding hydrogens is 528 g/mol. The molecule has 37 heavy (non-hydrogen) atoms. The number of rotatable bonds is 3. The fourth-order valence-electron chi connectivity index (χ4n) is 6.42. The number of imide groups is 1. The van der Waals surface area contributed by atoms with Crippen LogP contribution in [0.4, 0.5) is 11.4 Å². The van der Waals surface area contributed by atoms with Gasteiger partial charge in [0.2, 0.25) is 11.8 Å². The second-order valence-corrected chi connectivity index (χ2v) is 11.0. The van der Waals surface area contributed by atoms with Gasteiger partial charge in [0.25, 0.3) is 5.91 Å². The summed E-state index contributed by atoms with van der Waals surface area (Å²) in [6.07, 6.45) is 0. The van der Waals surface area contributed by atoms with Crippen molar-refractivity contribution in [3.63, 3.8) is 0 Å². The molecule has 4 aromatic carbocycles. The Morgan fingerprint density at radius 3 is 1.92 bits per heavy atom. The molecule has 1 N–H and O–H groups in total. The second kappa shape index (κ2) is 7.98. The van der Waals surface area contributed by atoms with Crippen molar-refractivity contribution < 1.29 is 14.4 Å². The third kappa shape index (κ3) is 2.99. The second-order valence-electron chi connectivity index (χ2n) is 9.75. The van der Waals surface area contributed by atoms with E-state index in [4.69, 9.17) is 0 Å². The van der Waals surface area contributed by atoms with Crippen molar-refractivity contribution in [3.8, 4) is 0 Å². The molecule has 0 aromatic heterocycles. The van der Waals surface area contributed by atoms with Crippen molar-refractivity contribution in [3.05, 3.63) is 131 Å². The minimum absolute atomic E-state index is 0.186. The van der Waals surface area contributed by atoms with Gasteiger partial charge in [0.05, 0.1) is 21.8 Å². The predicted octanol–water partition coefficient (Wildman–Crippen LogP) is 5.84. The highest BCUT2D eigenvalue weighted by Gasteiger charge is 2.67. The third-order valence-corrected chi connectivity index (χ3v) is 9.28. The number of benzene rings is 4. The first-order chi connectivity index (χ1) is 18.0. The Labute approximate surface area is 222 Å². The molecule has 2 bridgehead atoms. The Kier molecular flexibility index (Phi) is 4.79. The van der Waals surface area contributed by atoms with Crippen LogP contribution in [0.3, 0.4) is 0 Å². The molecule has 4 aliphatic rings. The highest BCUT2D eigenvalue weighted by atomic mass is 79.9. The number of nitrogens with zero attached hydrogens (tertiary/aromatic N) is 1. The van der Waals surface area contributed by atoms with Gasteiger partial charge in [-0.3, -0.25) is 14.4 Å². The van der Waals surface area contributed by atoms with E-state index in [0.29, 0.717) is 16.9 Å². The summed E-state index contributed by atoms with van der Waals surface area (Å²) in [7, 11) is 0. The fourth-order valence-corrected chi connectivity index (χ4v) is 7.62. The van der Waals surface area contributed by atoms with Crippen LogP contribution in [-0.4, -0.2) is 17.7 Å². The summed E-state index contributed by atoms with van der Waals surface area (Å²) in [6, 6.07) is 32.1. The van der Waals surface area contributed by atoms with E-state index in [0.717, 1.165) is 22.3 Å². The van der Waals surface area contributed by atoms with E-state index in [1.807, 2.05) is 54.6 Å². The zero-order valence-corrected chi connectivity index (χ0v) is 21.2. The molecule has 2 atom stereocenters. The van der Waals surface area contributed by atoms with E-state index in [9.17, 15) is 14.4 Å². The summed E-state index contributed by atoms with van der Waals surface area (Å²) in [4.78, 5) is 42.0. The molecule has 6 heteroatoms. The number of hydrogen-bond donors (Lipinski definition) is 1. The van der Waals surface area contributed by atoms with Crippen molar-refractivity contribution in [1.29, 1.82) is 0 Å². The third-order valence-electron chi connectivity index (χ3n) is 7.93. The average molecular weight is 549 g/mol. The molecule has 1 fully saturated rings. The number of alkyl halides is 1. The molecule has 0 saturated carbocycles. The molecule has 0 radical (unpaired) electrons. The molecular formula is C31H21BrN2O3. The monoisotopic (exact) mass is 548 g/mol. The molecule has 1 aliphatic heterocycles. The lowest BCUT2D eigenvalue weighted by molar-refractivity contribution is -0.122. The van der Waals surface area contributed by atoms with E-state index in [2.05, 4.69) is 45.5 Å². The standard InChI is InChI=1S/C31H21BrN2O3/c32-31-23-12-6-4-10-21(23)25(22-11-5-7-13-24(22)31)26-27(31)30(37)34(29(26)36)20-16-14-18(15-17-20)28(35)33-19-8-2-1-3-9-19/h1-17,25-27H,(H,33,35)/t25?,26-,27-,31?/m1/s1. The summed E-state index contributed by atoms with van der Waals surface area (Å²) in [5, 5.41) is 2.86. The van der Waals surface area contributed by atoms with Crippen LogP contribution in [0.2, 0.25) is 0 Å². The Morgan fingerprint density at radius 2 is 1.30 bits per heavy atom. The smallest absolute Gasteiger partial charge is 0.255 e. The quantitative estimate of drug-likeness (QED) is 0.258. The minimum atomic E-state index is -0.781. The number of carbonyl (C=O) groups is 3. The van der Waals surface area contributed by atoms with Crippen LogP contribution < -0.4 is 10.2 Å². The zero-order chi connectivity index (χ0) is 25.3. The Hall–Kier alpha value is -4.03. The summed E-state index contributed by atoms with van der Waals surface area (Å²) >= 11 is 4.01. The largest absolute Gasteiger partial charge is 0.322 e. The summed E-state index contributed by atoms with van der Waals surface area (Å²) in [5.41, 5.74) is 5.91. The zero-order valence-electron chi connectivity index (χ0n) is 19.6. The number of anilines is 2. The lowest BCUT2D eigenvalue weighted by Gasteiger charge is -2.51. The molecule has 4 aromatic rings. The first-order valence-corrected chi connectivity index (χ1v) is 13.0. The summed E-state index contributed by atoms with van der Waals surface area (Å²) < 4.78 is -0.781. The number of nitrogens with one attached hydrogen (secondary N) is 1. The van der Waals surface area contributed by atoms with Crippen LogP contribution in [0, 0.1) is 11.8 Å². The maximum atomic E-state index is 14.0. The van der Waals surface area contributed by atoms with E-state index in [1.54, 1.807) is 24.3 Å². The highest BCUT2D eigenvalue weighted by molar-refractivity contribution is 9.09. The molecule has 3 amide bonds. The van der Waals surface area contributed by atoms with Crippen molar-refractivity contribution >= 4 is 45.0 Å². The van der Waals surface area contributed by atoms with E-state index >= 15 is 0 Å². The summed E-state index contributed by atoms with van der Waals surface area (Å²) in [6.45, 7) is 0. The van der Waals surface area contributed by atoms with E-state index < -0.39 is 16.2 Å². The molecule has 180 valence electrons. The van der Waals surface area contributed by atoms with Gasteiger partial charge in [-0.2, -0.15) is 0 Å². The van der Waals surface area contributed by atoms with Crippen molar-refractivity contribution in [2.75, 3.05) is 10.2 Å². The first kappa shape index (κ1) is 22.2. The SMILES string of the molecule is O=C(Nc1ccccc1)c1ccc(N2C(=O)[C@@H]3C4c5ccccc5C(Br)(c5ccccc54)[C@H]3C2=O)cc1. The summed E-state index contributed by atoms with van der Waals surface area (Å²) in [5.74, 6) is -1.92. The van der Waals surface area contributed by atoms with Gasteiger partial charge >= 0.3 is 0 Å². The van der Waals surface area contributed by atoms with Crippen LogP contribution in [0.5, 0.6) is 0 Å². The Balaban J connectivity index is 1.26. The van der Waals surface area contributed by atoms with Gasteiger partial charge in [-0.25, -0.2) is 4.90 Å². The average Bonchev–Trinajstić information content (AvgIpc) is 3.20. The molecule has 3 aliphatic carbocycles. The Morgan fingerprint density at radius 1 is 0.730 bits per heavy atom. The van der Waals surface area contributed by atoms with Crippen LogP contribution >= 0.6 is 15.9 Å². The molecule has 1 heterocycles. The molecule has 5 nitrogen and oxygen atoms in total. The van der Waals surface area contributed by atoms with Gasteiger partial charge in [0.1, 0.15) is 0 Å². The van der Waals surface area contributed by atoms with Crippen LogP contribution in [-0.2, 0) is 13.9 Å². The number of carbonyl (C=O) groups excluding carboxylic acids is 3. The topological polar surface area (TPSA) is 66.5 Å². The van der Waals surface area contributed by atoms with Crippen molar-refractivity contribution in [1.82, 2.24) is 0 Å². The number of para-hydroxylation sites is 1. The van der Waals surface area contributed by atoms with Gasteiger partial charge in [-0.05, 0) is 58.7 Å². The normalized spacial score (nSPS) is 24.9. The predicted molar refractivity (Wildman–Crippen MR) is 145 cm³/mol. The van der Waals surface area contributed by atoms with Gasteiger partial charge in [0, 0.05) is 17.2 Å². The van der Waals surface area contributed by atoms with Crippen molar-refractivity contribution in [2.45, 2.75) is 10.2 Å². The minimum Gasteiger partial charge on any atom is -0.322 e. The van der Waals surface area contributed by atoms with Crippen LogP contribution in [0.25, 0.3) is 0 Å².